The molecule has 0 bridgehead atoms. The maximum absolute atomic E-state index is 5.58. The van der Waals surface area contributed by atoms with E-state index < -0.39 is 0 Å². The summed E-state index contributed by atoms with van der Waals surface area (Å²) in [5.41, 5.74) is 11.1. The summed E-state index contributed by atoms with van der Waals surface area (Å²) in [6.07, 6.45) is 2.29. The van der Waals surface area contributed by atoms with Gasteiger partial charge in [0, 0.05) is 6.61 Å². The molecule has 0 saturated carbocycles. The predicted molar refractivity (Wildman–Crippen MR) is 75.0 cm³/mol. The smallest absolute Gasteiger partial charge is 0.225 e. The summed E-state index contributed by atoms with van der Waals surface area (Å²) in [5.74, 6) is 1.17. The highest BCUT2D eigenvalue weighted by Gasteiger charge is 2.19. The molecule has 1 atom stereocenters. The maximum atomic E-state index is 5.58. The summed E-state index contributed by atoms with van der Waals surface area (Å²) in [7, 11) is 0. The van der Waals surface area contributed by atoms with Crippen LogP contribution in [0, 0.1) is 0 Å². The number of nitrogens with two attached hydrogens (primary N) is 2. The minimum atomic E-state index is 0.108. The summed E-state index contributed by atoms with van der Waals surface area (Å²) < 4.78 is 7.31. The second-order valence-corrected chi connectivity index (χ2v) is 5.48. The fourth-order valence-corrected chi connectivity index (χ4v) is 2.79. The van der Waals surface area contributed by atoms with E-state index in [1.54, 1.807) is 4.68 Å². The summed E-state index contributed by atoms with van der Waals surface area (Å²) in [5, 5.41) is 12.4. The lowest BCUT2D eigenvalue weighted by molar-refractivity contribution is 0.0912. The third kappa shape index (κ3) is 3.55. The summed E-state index contributed by atoms with van der Waals surface area (Å²) in [6.45, 7) is 1.45. The van der Waals surface area contributed by atoms with Crippen molar-refractivity contribution in [3.05, 3.63) is 5.82 Å². The van der Waals surface area contributed by atoms with E-state index in [0.29, 0.717) is 23.3 Å². The first-order valence-corrected chi connectivity index (χ1v) is 7.46. The number of ether oxygens (including phenoxy) is 1. The highest BCUT2D eigenvalue weighted by molar-refractivity contribution is 7.98. The van der Waals surface area contributed by atoms with Gasteiger partial charge in [-0.2, -0.15) is 15.0 Å². The first kappa shape index (κ1) is 13.9. The van der Waals surface area contributed by atoms with E-state index in [1.165, 1.54) is 11.8 Å². The highest BCUT2D eigenvalue weighted by Crippen LogP contribution is 2.21. The van der Waals surface area contributed by atoms with Crippen LogP contribution in [0.15, 0.2) is 5.16 Å². The van der Waals surface area contributed by atoms with Crippen LogP contribution in [0.1, 0.15) is 18.7 Å². The average Bonchev–Trinajstić information content (AvgIpc) is 3.08. The van der Waals surface area contributed by atoms with Crippen molar-refractivity contribution in [1.29, 1.82) is 0 Å². The number of anilines is 2. The van der Waals surface area contributed by atoms with Crippen molar-refractivity contribution in [3.8, 4) is 0 Å². The number of rotatable bonds is 5. The maximum Gasteiger partial charge on any atom is 0.225 e. The van der Waals surface area contributed by atoms with Gasteiger partial charge in [-0.15, -0.1) is 5.10 Å². The van der Waals surface area contributed by atoms with E-state index in [2.05, 4.69) is 30.5 Å². The van der Waals surface area contributed by atoms with Crippen molar-refractivity contribution in [3.63, 3.8) is 0 Å². The van der Waals surface area contributed by atoms with Crippen LogP contribution in [0.4, 0.5) is 11.9 Å². The Bertz CT molecular complexity index is 592. The van der Waals surface area contributed by atoms with Gasteiger partial charge in [0.05, 0.1) is 18.4 Å². The minimum absolute atomic E-state index is 0.108. The molecule has 0 amide bonds. The summed E-state index contributed by atoms with van der Waals surface area (Å²) in [6, 6.07) is 0. The molecule has 2 aromatic heterocycles. The Morgan fingerprint density at radius 1 is 1.24 bits per heavy atom. The zero-order valence-corrected chi connectivity index (χ0v) is 12.0. The van der Waals surface area contributed by atoms with Gasteiger partial charge in [0.25, 0.3) is 0 Å². The van der Waals surface area contributed by atoms with Gasteiger partial charge < -0.3 is 16.2 Å². The third-order valence-electron chi connectivity index (χ3n) is 2.95. The van der Waals surface area contributed by atoms with Crippen LogP contribution in [0.5, 0.6) is 0 Å². The Kier molecular flexibility index (Phi) is 4.10. The quantitative estimate of drug-likeness (QED) is 0.693. The Balaban J connectivity index is 1.63. The van der Waals surface area contributed by atoms with Crippen molar-refractivity contribution in [2.75, 3.05) is 18.1 Å². The molecule has 112 valence electrons. The Hall–Kier alpha value is -2.01. The molecule has 0 aliphatic carbocycles. The Morgan fingerprint density at radius 2 is 2.05 bits per heavy atom. The molecule has 21 heavy (non-hydrogen) atoms. The monoisotopic (exact) mass is 309 g/mol. The largest absolute Gasteiger partial charge is 0.376 e. The van der Waals surface area contributed by atoms with Gasteiger partial charge in [-0.3, -0.25) is 0 Å². The van der Waals surface area contributed by atoms with Crippen molar-refractivity contribution >= 4 is 23.7 Å². The van der Waals surface area contributed by atoms with Crippen LogP contribution in [0.3, 0.4) is 0 Å². The predicted octanol–water partition coefficient (Wildman–Crippen LogP) is -0.506. The molecule has 3 heterocycles. The number of hydrogen-bond acceptors (Lipinski definition) is 10. The highest BCUT2D eigenvalue weighted by atomic mass is 32.2. The van der Waals surface area contributed by atoms with Gasteiger partial charge in [0.2, 0.25) is 17.1 Å². The fraction of sp³-hybridized carbons (Fsp3) is 0.600. The molecule has 0 radical (unpaired) electrons. The van der Waals surface area contributed by atoms with Crippen LogP contribution in [-0.2, 0) is 17.0 Å². The summed E-state index contributed by atoms with van der Waals surface area (Å²) in [4.78, 5) is 11.8. The second kappa shape index (κ2) is 6.18. The van der Waals surface area contributed by atoms with E-state index in [1.807, 2.05) is 0 Å². The van der Waals surface area contributed by atoms with Crippen LogP contribution in [-0.4, -0.2) is 47.9 Å². The zero-order valence-electron chi connectivity index (χ0n) is 11.2. The molecular formula is C10H15N9OS. The number of nitrogen functional groups attached to an aromatic ring is 2. The molecule has 0 spiro atoms. The molecule has 0 aromatic carbocycles. The van der Waals surface area contributed by atoms with E-state index in [4.69, 9.17) is 16.2 Å². The first-order valence-electron chi connectivity index (χ1n) is 6.47. The molecule has 4 N–H and O–H groups in total. The van der Waals surface area contributed by atoms with E-state index in [9.17, 15) is 0 Å². The molecule has 3 rings (SSSR count). The van der Waals surface area contributed by atoms with Crippen molar-refractivity contribution in [1.82, 2.24) is 35.2 Å². The van der Waals surface area contributed by atoms with Crippen LogP contribution >= 0.6 is 11.8 Å². The van der Waals surface area contributed by atoms with Gasteiger partial charge in [0.15, 0.2) is 0 Å². The molecule has 10 nitrogen and oxygen atoms in total. The summed E-state index contributed by atoms with van der Waals surface area (Å²) >= 11 is 1.41. The standard InChI is InChI=1S/C10H15N9OS/c11-8-13-7(14-9(12)15-8)5-21-10-16-17-18-19(10)4-6-2-1-3-20-6/h6H,1-5H2,(H4,11,12,13,14,15). The molecular weight excluding hydrogens is 294 g/mol. The van der Waals surface area contributed by atoms with Gasteiger partial charge in [-0.05, 0) is 23.3 Å². The lowest BCUT2D eigenvalue weighted by Crippen LogP contribution is -2.17. The van der Waals surface area contributed by atoms with Crippen LogP contribution in [0.25, 0.3) is 0 Å². The second-order valence-electron chi connectivity index (χ2n) is 4.54. The SMILES string of the molecule is Nc1nc(N)nc(CSc2nnnn2CC2CCCO2)n1. The normalized spacial score (nSPS) is 18.2. The Labute approximate surface area is 124 Å². The lowest BCUT2D eigenvalue weighted by Gasteiger charge is -2.09. The number of thioether (sulfide) groups is 1. The fourth-order valence-electron chi connectivity index (χ4n) is 2.05. The molecule has 1 aliphatic rings. The van der Waals surface area contributed by atoms with Crippen LogP contribution in [0.2, 0.25) is 0 Å². The third-order valence-corrected chi connectivity index (χ3v) is 3.90. The minimum Gasteiger partial charge on any atom is -0.376 e. The van der Waals surface area contributed by atoms with E-state index in [-0.39, 0.29) is 18.0 Å². The molecule has 2 aromatic rings. The molecule has 1 fully saturated rings. The molecule has 1 aliphatic heterocycles. The van der Waals surface area contributed by atoms with Crippen LogP contribution < -0.4 is 11.5 Å². The first-order chi connectivity index (χ1) is 10.2. The topological polar surface area (TPSA) is 144 Å². The van der Waals surface area contributed by atoms with Crippen molar-refractivity contribution in [2.45, 2.75) is 36.4 Å². The number of tetrazole rings is 1. The van der Waals surface area contributed by atoms with E-state index in [0.717, 1.165) is 19.4 Å². The number of nitrogens with zero attached hydrogens (tertiary/aromatic N) is 7. The van der Waals surface area contributed by atoms with Gasteiger partial charge in [-0.25, -0.2) is 4.68 Å². The molecule has 11 heteroatoms. The van der Waals surface area contributed by atoms with Gasteiger partial charge in [0.1, 0.15) is 5.82 Å². The average molecular weight is 309 g/mol. The van der Waals surface area contributed by atoms with Crippen molar-refractivity contribution < 1.29 is 4.74 Å². The van der Waals surface area contributed by atoms with Gasteiger partial charge in [-0.1, -0.05) is 11.8 Å². The molecule has 1 saturated heterocycles. The van der Waals surface area contributed by atoms with E-state index >= 15 is 0 Å². The number of hydrogen-bond donors (Lipinski definition) is 2. The lowest BCUT2D eigenvalue weighted by atomic mass is 10.2. The van der Waals surface area contributed by atoms with Crippen molar-refractivity contribution in [2.24, 2.45) is 0 Å². The zero-order chi connectivity index (χ0) is 14.7. The Morgan fingerprint density at radius 3 is 2.76 bits per heavy atom. The number of aromatic nitrogens is 7. The van der Waals surface area contributed by atoms with Gasteiger partial charge >= 0.3 is 0 Å². The molecule has 1 unspecified atom stereocenters.